The number of para-hydroxylation sites is 1. The molecular weight excluding hydrogens is 250 g/mol. The van der Waals surface area contributed by atoms with Gasteiger partial charge in [-0.15, -0.1) is 0 Å². The Morgan fingerprint density at radius 2 is 1.60 bits per heavy atom. The number of aromatic nitrogens is 4. The van der Waals surface area contributed by atoms with Gasteiger partial charge in [0.1, 0.15) is 0 Å². The Morgan fingerprint density at radius 1 is 0.950 bits per heavy atom. The van der Waals surface area contributed by atoms with Gasteiger partial charge in [0.2, 0.25) is 5.95 Å². The minimum atomic E-state index is 0.129. The molecule has 100 valence electrons. The van der Waals surface area contributed by atoms with Crippen LogP contribution in [-0.2, 0) is 0 Å². The summed E-state index contributed by atoms with van der Waals surface area (Å²) >= 11 is 0. The molecular formula is C15H15N5. The standard InChI is InChI=1S/C15H15N5/c1-12(13-8-4-2-5-9-13)16-15-17-18-19-20(15)14-10-6-3-7-11-14/h2-12H,1H3,(H,16,17,19)/t12-/m1/s1. The third-order valence-electron chi connectivity index (χ3n) is 3.12. The number of nitrogens with zero attached hydrogens (tertiary/aromatic N) is 4. The van der Waals surface area contributed by atoms with Crippen LogP contribution in [-0.4, -0.2) is 20.2 Å². The zero-order valence-electron chi connectivity index (χ0n) is 11.1. The SMILES string of the molecule is C[C@@H](Nc1nnnn1-c1ccccc1)c1ccccc1. The van der Waals surface area contributed by atoms with Gasteiger partial charge in [0, 0.05) is 0 Å². The predicted octanol–water partition coefficient (Wildman–Crippen LogP) is 2.84. The van der Waals surface area contributed by atoms with Crippen LogP contribution in [0.4, 0.5) is 5.95 Å². The summed E-state index contributed by atoms with van der Waals surface area (Å²) < 4.78 is 1.69. The quantitative estimate of drug-likeness (QED) is 0.788. The smallest absolute Gasteiger partial charge is 0.248 e. The normalized spacial score (nSPS) is 12.1. The molecule has 0 spiro atoms. The molecule has 0 saturated carbocycles. The highest BCUT2D eigenvalue weighted by Gasteiger charge is 2.11. The van der Waals surface area contributed by atoms with Crippen molar-refractivity contribution in [1.29, 1.82) is 0 Å². The highest BCUT2D eigenvalue weighted by molar-refractivity contribution is 5.40. The third kappa shape index (κ3) is 2.51. The van der Waals surface area contributed by atoms with Crippen LogP contribution in [0.25, 0.3) is 5.69 Å². The number of tetrazole rings is 1. The molecule has 5 nitrogen and oxygen atoms in total. The van der Waals surface area contributed by atoms with Crippen LogP contribution in [0.15, 0.2) is 60.7 Å². The summed E-state index contributed by atoms with van der Waals surface area (Å²) in [6, 6.07) is 20.2. The first-order valence-electron chi connectivity index (χ1n) is 6.50. The van der Waals surface area contributed by atoms with Crippen LogP contribution in [0.3, 0.4) is 0 Å². The Bertz CT molecular complexity index is 663. The molecule has 5 heteroatoms. The lowest BCUT2D eigenvalue weighted by Crippen LogP contribution is -2.11. The molecule has 0 aliphatic rings. The molecule has 0 fully saturated rings. The summed E-state index contributed by atoms with van der Waals surface area (Å²) in [5.41, 5.74) is 2.12. The Labute approximate surface area is 117 Å². The van der Waals surface area contributed by atoms with Crippen LogP contribution in [0.2, 0.25) is 0 Å². The minimum absolute atomic E-state index is 0.129. The van der Waals surface area contributed by atoms with Gasteiger partial charge in [0.15, 0.2) is 0 Å². The van der Waals surface area contributed by atoms with E-state index in [1.54, 1.807) is 4.68 Å². The molecule has 0 radical (unpaired) electrons. The fourth-order valence-corrected chi connectivity index (χ4v) is 2.04. The van der Waals surface area contributed by atoms with Gasteiger partial charge in [-0.3, -0.25) is 0 Å². The van der Waals surface area contributed by atoms with E-state index < -0.39 is 0 Å². The fraction of sp³-hybridized carbons (Fsp3) is 0.133. The van der Waals surface area contributed by atoms with Crippen molar-refractivity contribution in [2.45, 2.75) is 13.0 Å². The summed E-state index contributed by atoms with van der Waals surface area (Å²) in [6.07, 6.45) is 0. The fourth-order valence-electron chi connectivity index (χ4n) is 2.04. The number of hydrogen-bond donors (Lipinski definition) is 1. The molecule has 0 saturated heterocycles. The highest BCUT2D eigenvalue weighted by Crippen LogP contribution is 2.18. The van der Waals surface area contributed by atoms with E-state index in [4.69, 9.17) is 0 Å². The molecule has 0 bridgehead atoms. The van der Waals surface area contributed by atoms with Gasteiger partial charge in [0.25, 0.3) is 0 Å². The molecule has 0 aliphatic carbocycles. The summed E-state index contributed by atoms with van der Waals surface area (Å²) in [5.74, 6) is 0.632. The topological polar surface area (TPSA) is 55.6 Å². The summed E-state index contributed by atoms with van der Waals surface area (Å²) in [6.45, 7) is 2.08. The Morgan fingerprint density at radius 3 is 2.30 bits per heavy atom. The average Bonchev–Trinajstić information content (AvgIpc) is 2.97. The zero-order chi connectivity index (χ0) is 13.8. The molecule has 0 aliphatic heterocycles. The van der Waals surface area contributed by atoms with Crippen molar-refractivity contribution >= 4 is 5.95 Å². The van der Waals surface area contributed by atoms with E-state index in [-0.39, 0.29) is 6.04 Å². The second-order valence-corrected chi connectivity index (χ2v) is 4.53. The first-order chi connectivity index (χ1) is 9.84. The van der Waals surface area contributed by atoms with Crippen molar-refractivity contribution < 1.29 is 0 Å². The maximum absolute atomic E-state index is 4.05. The van der Waals surface area contributed by atoms with E-state index in [2.05, 4.69) is 39.9 Å². The first kappa shape index (κ1) is 12.3. The Balaban J connectivity index is 1.84. The van der Waals surface area contributed by atoms with Crippen LogP contribution in [0.5, 0.6) is 0 Å². The van der Waals surface area contributed by atoms with Gasteiger partial charge in [-0.1, -0.05) is 53.6 Å². The van der Waals surface area contributed by atoms with E-state index >= 15 is 0 Å². The van der Waals surface area contributed by atoms with Gasteiger partial charge in [-0.25, -0.2) is 0 Å². The van der Waals surface area contributed by atoms with E-state index in [0.717, 1.165) is 5.69 Å². The second kappa shape index (κ2) is 5.52. The zero-order valence-corrected chi connectivity index (χ0v) is 11.1. The largest absolute Gasteiger partial charge is 0.346 e. The molecule has 1 aromatic heterocycles. The minimum Gasteiger partial charge on any atom is -0.346 e. The van der Waals surface area contributed by atoms with Gasteiger partial charge < -0.3 is 5.32 Å². The predicted molar refractivity (Wildman–Crippen MR) is 77.6 cm³/mol. The highest BCUT2D eigenvalue weighted by atomic mass is 15.6. The third-order valence-corrected chi connectivity index (χ3v) is 3.12. The van der Waals surface area contributed by atoms with Crippen molar-refractivity contribution in [3.63, 3.8) is 0 Å². The maximum Gasteiger partial charge on any atom is 0.248 e. The molecule has 1 N–H and O–H groups in total. The number of hydrogen-bond acceptors (Lipinski definition) is 4. The lowest BCUT2D eigenvalue weighted by atomic mass is 10.1. The molecule has 20 heavy (non-hydrogen) atoms. The van der Waals surface area contributed by atoms with E-state index in [0.29, 0.717) is 5.95 Å². The monoisotopic (exact) mass is 265 g/mol. The summed E-state index contributed by atoms with van der Waals surface area (Å²) in [7, 11) is 0. The lowest BCUT2D eigenvalue weighted by Gasteiger charge is -2.14. The lowest BCUT2D eigenvalue weighted by molar-refractivity contribution is 0.780. The van der Waals surface area contributed by atoms with Crippen LogP contribution in [0, 0.1) is 0 Å². The Kier molecular flexibility index (Phi) is 3.41. The molecule has 3 aromatic rings. The molecule has 1 heterocycles. The number of anilines is 1. The van der Waals surface area contributed by atoms with Crippen molar-refractivity contribution in [2.24, 2.45) is 0 Å². The Hall–Kier alpha value is -2.69. The second-order valence-electron chi connectivity index (χ2n) is 4.53. The summed E-state index contributed by atoms with van der Waals surface area (Å²) in [4.78, 5) is 0. The van der Waals surface area contributed by atoms with Crippen LogP contribution >= 0.6 is 0 Å². The molecule has 1 atom stereocenters. The van der Waals surface area contributed by atoms with E-state index in [9.17, 15) is 0 Å². The van der Waals surface area contributed by atoms with Crippen LogP contribution < -0.4 is 5.32 Å². The molecule has 0 amide bonds. The van der Waals surface area contributed by atoms with Crippen molar-refractivity contribution in [3.8, 4) is 5.69 Å². The number of nitrogens with one attached hydrogen (secondary N) is 1. The van der Waals surface area contributed by atoms with Crippen molar-refractivity contribution in [1.82, 2.24) is 20.2 Å². The number of benzene rings is 2. The van der Waals surface area contributed by atoms with Gasteiger partial charge in [0.05, 0.1) is 11.7 Å². The maximum atomic E-state index is 4.05. The number of rotatable bonds is 4. The van der Waals surface area contributed by atoms with Gasteiger partial charge in [-0.05, 0) is 35.0 Å². The van der Waals surface area contributed by atoms with Crippen LogP contribution in [0.1, 0.15) is 18.5 Å². The van der Waals surface area contributed by atoms with E-state index in [1.165, 1.54) is 5.56 Å². The molecule has 2 aromatic carbocycles. The molecule has 3 rings (SSSR count). The average molecular weight is 265 g/mol. The first-order valence-corrected chi connectivity index (χ1v) is 6.50. The van der Waals surface area contributed by atoms with Crippen molar-refractivity contribution in [3.05, 3.63) is 66.2 Å². The van der Waals surface area contributed by atoms with E-state index in [1.807, 2.05) is 48.5 Å². The van der Waals surface area contributed by atoms with Gasteiger partial charge >= 0.3 is 0 Å². The summed E-state index contributed by atoms with van der Waals surface area (Å²) in [5, 5.41) is 15.2. The van der Waals surface area contributed by atoms with Crippen molar-refractivity contribution in [2.75, 3.05) is 5.32 Å². The van der Waals surface area contributed by atoms with Gasteiger partial charge in [-0.2, -0.15) is 4.68 Å². The molecule has 0 unspecified atom stereocenters.